The molecular formula is C46H58O27. The molecule has 27 heteroatoms. The van der Waals surface area contributed by atoms with E-state index in [0.717, 1.165) is 32.9 Å². The highest BCUT2D eigenvalue weighted by atomic mass is 16.8. The molecule has 0 bridgehead atoms. The summed E-state index contributed by atoms with van der Waals surface area (Å²) in [6.45, 7) is 1.86. The van der Waals surface area contributed by atoms with E-state index >= 15 is 0 Å². The van der Waals surface area contributed by atoms with Gasteiger partial charge in [0.1, 0.15) is 101 Å². The molecule has 0 aliphatic carbocycles. The highest BCUT2D eigenvalue weighted by molar-refractivity contribution is 5.86. The molecule has 0 unspecified atom stereocenters. The Balaban J connectivity index is 1.27. The highest BCUT2D eigenvalue weighted by Gasteiger charge is 2.56. The molecule has 4 aliphatic rings. The number of hydrogen-bond donors (Lipinski definition) is 10. The maximum atomic E-state index is 13.4. The number of aliphatic hydroxyl groups excluding tert-OH is 9. The van der Waals surface area contributed by atoms with Crippen molar-refractivity contribution >= 4 is 28.9 Å². The number of carbonyl (C=O) groups is 3. The fourth-order valence-corrected chi connectivity index (χ4v) is 8.73. The van der Waals surface area contributed by atoms with E-state index in [1.807, 2.05) is 0 Å². The number of carbonyl (C=O) groups excluding carboxylic acids is 3. The minimum absolute atomic E-state index is 0.0526. The summed E-state index contributed by atoms with van der Waals surface area (Å²) in [6, 6.07) is 9.74. The van der Waals surface area contributed by atoms with E-state index in [0.29, 0.717) is 11.3 Å². The maximum absolute atomic E-state index is 13.4. The van der Waals surface area contributed by atoms with Crippen molar-refractivity contribution in [2.75, 3.05) is 26.9 Å². The average molecular weight is 1040 g/mol. The molecule has 1 aromatic heterocycles. The van der Waals surface area contributed by atoms with Crippen molar-refractivity contribution in [3.05, 3.63) is 52.7 Å². The van der Waals surface area contributed by atoms with Gasteiger partial charge in [-0.1, -0.05) is 0 Å². The van der Waals surface area contributed by atoms with Gasteiger partial charge in [-0.05, 0) is 31.2 Å². The molecule has 27 nitrogen and oxygen atoms in total. The summed E-state index contributed by atoms with van der Waals surface area (Å²) in [5, 5.41) is 108. The second kappa shape index (κ2) is 23.6. The molecule has 4 fully saturated rings. The zero-order chi connectivity index (χ0) is 53.2. The molecule has 0 spiro atoms. The van der Waals surface area contributed by atoms with Gasteiger partial charge < -0.3 is 112 Å². The first kappa shape index (κ1) is 55.6. The predicted molar refractivity (Wildman–Crippen MR) is 236 cm³/mol. The van der Waals surface area contributed by atoms with E-state index in [4.69, 9.17) is 61.3 Å². The lowest BCUT2D eigenvalue weighted by atomic mass is 9.96. The first-order chi connectivity index (χ1) is 34.6. The lowest BCUT2D eigenvalue weighted by Gasteiger charge is -2.49. The van der Waals surface area contributed by atoms with Crippen LogP contribution in [0.4, 0.5) is 0 Å². The van der Waals surface area contributed by atoms with Crippen LogP contribution in [0.2, 0.25) is 0 Å². The number of methoxy groups -OCH3 is 1. The summed E-state index contributed by atoms with van der Waals surface area (Å²) < 4.78 is 75.1. The van der Waals surface area contributed by atoms with Crippen LogP contribution >= 0.6 is 0 Å². The normalized spacial score (nSPS) is 36.7. The number of phenolic OH excluding ortho intramolecular Hbond substituents is 1. The SMILES string of the molecule is COc1ccc(-c2cc(=O)c3c(O)cc(O[C@@H]4O[C@H](CO[C@@H]5O[C@@H](C)[C@H](OC(C)=O)[C@@H](O)[C@H]5OC(C)=O)[C@@H](O)[C@H](OC(C)=O)[C@H]4O[C@@H]4O[C@H](CO)[C@@H](O)[C@H](O)[C@H]4O[C@@H]4O[C@H](CO)[C@@H](O)[C@H](O)[C@H]4O)cc3o2)cc1. The van der Waals surface area contributed by atoms with Crippen LogP contribution in [0, 0.1) is 0 Å². The largest absolute Gasteiger partial charge is 0.507 e. The smallest absolute Gasteiger partial charge is 0.303 e. The van der Waals surface area contributed by atoms with Crippen LogP contribution in [0.3, 0.4) is 0 Å². The van der Waals surface area contributed by atoms with Crippen LogP contribution in [-0.2, 0) is 61.8 Å². The number of esters is 3. The second-order valence-corrected chi connectivity index (χ2v) is 17.5. The van der Waals surface area contributed by atoms with Crippen LogP contribution in [0.5, 0.6) is 17.2 Å². The number of benzene rings is 2. The van der Waals surface area contributed by atoms with Crippen LogP contribution in [0.25, 0.3) is 22.3 Å². The summed E-state index contributed by atoms with van der Waals surface area (Å²) in [7, 11) is 1.46. The summed E-state index contributed by atoms with van der Waals surface area (Å²) >= 11 is 0. The standard InChI is InChI=1S/C46H58O27/c1-16-38(64-17(2)49)37(60)41(66-19(4)51)44(63-16)62-15-29-33(56)39(65-18(3)50)42(73-45-40(35(58)32(55)28(14-48)70-45)72-43-36(59)34(57)31(54)27(13-47)69-43)46(71-29)67-22-10-23(52)30-24(53)12-25(68-26(30)11-22)20-6-8-21(61-5)9-7-20/h6-12,16,27-29,31-48,52,54-60H,13-15H2,1-5H3/t16-,27+,28+,29+,31+,32+,33+,34-,35-,36+,37+,38-,39-,40+,41+,42+,43-,44+,45-,46+/m0/s1. The highest BCUT2D eigenvalue weighted by Crippen LogP contribution is 2.38. The molecule has 404 valence electrons. The minimum Gasteiger partial charge on any atom is -0.507 e. The Morgan fingerprint density at radius 2 is 1.15 bits per heavy atom. The van der Waals surface area contributed by atoms with E-state index in [1.54, 1.807) is 24.3 Å². The van der Waals surface area contributed by atoms with Gasteiger partial charge in [0, 0.05) is 44.5 Å². The Morgan fingerprint density at radius 3 is 1.77 bits per heavy atom. The van der Waals surface area contributed by atoms with E-state index in [2.05, 4.69) is 0 Å². The molecule has 10 N–H and O–H groups in total. The van der Waals surface area contributed by atoms with E-state index in [-0.39, 0.29) is 22.5 Å². The van der Waals surface area contributed by atoms with Crippen LogP contribution in [-0.4, -0.2) is 219 Å². The Hall–Kier alpha value is -5.18. The van der Waals surface area contributed by atoms with Gasteiger partial charge in [0.25, 0.3) is 0 Å². The Bertz CT molecular complexity index is 2430. The van der Waals surface area contributed by atoms with Gasteiger partial charge in [-0.3, -0.25) is 19.2 Å². The number of ether oxygens (including phenoxy) is 12. The minimum atomic E-state index is -2.11. The molecule has 0 saturated carbocycles. The Kier molecular flexibility index (Phi) is 17.9. The van der Waals surface area contributed by atoms with Crippen molar-refractivity contribution < 1.29 is 127 Å². The molecular weight excluding hydrogens is 984 g/mol. The molecule has 7 rings (SSSR count). The molecule has 5 heterocycles. The Labute approximate surface area is 413 Å². The van der Waals surface area contributed by atoms with Gasteiger partial charge >= 0.3 is 17.9 Å². The number of rotatable bonds is 16. The fourth-order valence-electron chi connectivity index (χ4n) is 8.73. The summed E-state index contributed by atoms with van der Waals surface area (Å²) in [5.41, 5.74) is -0.467. The van der Waals surface area contributed by atoms with Gasteiger partial charge in [0.15, 0.2) is 48.7 Å². The molecule has 73 heavy (non-hydrogen) atoms. The number of hydrogen-bond acceptors (Lipinski definition) is 27. The average Bonchev–Trinajstić information content (AvgIpc) is 3.34. The topological polar surface area (TPSA) is 394 Å². The third-order valence-corrected chi connectivity index (χ3v) is 12.4. The molecule has 4 aliphatic heterocycles. The second-order valence-electron chi connectivity index (χ2n) is 17.5. The quantitative estimate of drug-likeness (QED) is 0.0493. The van der Waals surface area contributed by atoms with Gasteiger partial charge in [0.05, 0.1) is 33.0 Å². The zero-order valence-electron chi connectivity index (χ0n) is 39.6. The van der Waals surface area contributed by atoms with Gasteiger partial charge in [0.2, 0.25) is 6.29 Å². The van der Waals surface area contributed by atoms with E-state index < -0.39 is 172 Å². The van der Waals surface area contributed by atoms with Gasteiger partial charge in [-0.25, -0.2) is 0 Å². The summed E-state index contributed by atoms with van der Waals surface area (Å²) in [6.07, 6.45) is -36.3. The fraction of sp³-hybridized carbons (Fsp3) is 0.609. The number of aromatic hydroxyl groups is 1. The number of aliphatic hydroxyl groups is 9. The number of phenols is 1. The molecule has 2 aromatic carbocycles. The number of fused-ring (bicyclic) bond motifs is 1. The zero-order valence-corrected chi connectivity index (χ0v) is 39.6. The first-order valence-corrected chi connectivity index (χ1v) is 22.8. The third-order valence-electron chi connectivity index (χ3n) is 12.4. The van der Waals surface area contributed by atoms with Crippen LogP contribution in [0.1, 0.15) is 27.7 Å². The van der Waals surface area contributed by atoms with Crippen molar-refractivity contribution in [3.63, 3.8) is 0 Å². The Morgan fingerprint density at radius 1 is 0.575 bits per heavy atom. The monoisotopic (exact) mass is 1040 g/mol. The molecule has 0 radical (unpaired) electrons. The van der Waals surface area contributed by atoms with Crippen molar-refractivity contribution in [3.8, 4) is 28.6 Å². The summed E-state index contributed by atoms with van der Waals surface area (Å²) in [5.74, 6) is -3.18. The van der Waals surface area contributed by atoms with Gasteiger partial charge in [-0.15, -0.1) is 0 Å². The van der Waals surface area contributed by atoms with Crippen molar-refractivity contribution in [2.45, 2.75) is 151 Å². The van der Waals surface area contributed by atoms with E-state index in [9.17, 15) is 70.2 Å². The lowest BCUT2D eigenvalue weighted by Crippen LogP contribution is -2.67. The molecule has 3 aromatic rings. The third kappa shape index (κ3) is 12.2. The molecule has 0 amide bonds. The predicted octanol–water partition coefficient (Wildman–Crippen LogP) is -3.43. The summed E-state index contributed by atoms with van der Waals surface area (Å²) in [4.78, 5) is 50.4. The maximum Gasteiger partial charge on any atom is 0.303 e. The molecule has 20 atom stereocenters. The molecule has 4 saturated heterocycles. The first-order valence-electron chi connectivity index (χ1n) is 22.8. The van der Waals surface area contributed by atoms with Crippen molar-refractivity contribution in [2.24, 2.45) is 0 Å². The lowest BCUT2D eigenvalue weighted by molar-refractivity contribution is -0.390. The van der Waals surface area contributed by atoms with Crippen molar-refractivity contribution in [1.82, 2.24) is 0 Å². The van der Waals surface area contributed by atoms with E-state index in [1.165, 1.54) is 20.1 Å². The van der Waals surface area contributed by atoms with Crippen LogP contribution < -0.4 is 14.9 Å². The van der Waals surface area contributed by atoms with Crippen LogP contribution in [0.15, 0.2) is 51.7 Å². The van der Waals surface area contributed by atoms with Crippen molar-refractivity contribution in [1.29, 1.82) is 0 Å². The van der Waals surface area contributed by atoms with Gasteiger partial charge in [-0.2, -0.15) is 0 Å².